The van der Waals surface area contributed by atoms with E-state index in [1.54, 1.807) is 0 Å². The summed E-state index contributed by atoms with van der Waals surface area (Å²) in [6.45, 7) is 0. The van der Waals surface area contributed by atoms with Crippen molar-refractivity contribution in [3.05, 3.63) is 163 Å². The van der Waals surface area contributed by atoms with Gasteiger partial charge in [0.05, 0.1) is 5.69 Å². The summed E-state index contributed by atoms with van der Waals surface area (Å²) >= 11 is 0. The molecule has 1 unspecified atom stereocenters. The molecule has 0 fully saturated rings. The van der Waals surface area contributed by atoms with Crippen LogP contribution in [-0.4, -0.2) is 14.4 Å². The zero-order chi connectivity index (χ0) is 29.0. The Kier molecular flexibility index (Phi) is 5.50. The first-order valence-electron chi connectivity index (χ1n) is 14.8. The van der Waals surface area contributed by atoms with Crippen LogP contribution in [0.5, 0.6) is 0 Å². The van der Waals surface area contributed by atoms with E-state index in [1.807, 2.05) is 24.4 Å². The van der Waals surface area contributed by atoms with Gasteiger partial charge in [0.15, 0.2) is 5.65 Å². The predicted molar refractivity (Wildman–Crippen MR) is 180 cm³/mol. The van der Waals surface area contributed by atoms with Crippen molar-refractivity contribution < 1.29 is 0 Å². The maximum absolute atomic E-state index is 5.20. The molecular weight excluding hydrogens is 538 g/mol. The standard InChI is InChI=1S/C39H26N5/c1-2-13-30(14-3-1)44-34-18-7-6-17-33(34)40-38(44)27-22-20-26(21-23-27)28-11-10-12-29(25-28)36-31-15-4-5-16-32(31)37-39(42-36)43-24-9-8-19-35(43)41-37/h1-25,38H/q-1. The number of pyridine rings is 2. The lowest BCUT2D eigenvalue weighted by atomic mass is 9.97. The zero-order valence-corrected chi connectivity index (χ0v) is 23.7. The molecule has 4 heterocycles. The molecule has 0 saturated carbocycles. The van der Waals surface area contributed by atoms with Gasteiger partial charge in [-0.1, -0.05) is 109 Å². The molecule has 0 radical (unpaired) electrons. The second-order valence-corrected chi connectivity index (χ2v) is 11.1. The van der Waals surface area contributed by atoms with Gasteiger partial charge in [-0.15, -0.1) is 5.69 Å². The lowest BCUT2D eigenvalue weighted by molar-refractivity contribution is 0.862. The summed E-state index contributed by atoms with van der Waals surface area (Å²) in [5, 5.41) is 7.32. The molecule has 44 heavy (non-hydrogen) atoms. The highest BCUT2D eigenvalue weighted by Gasteiger charge is 2.22. The molecule has 0 spiro atoms. The van der Waals surface area contributed by atoms with Gasteiger partial charge in [-0.2, -0.15) is 0 Å². The Hall–Kier alpha value is -5.94. The molecule has 0 aliphatic carbocycles. The van der Waals surface area contributed by atoms with Crippen LogP contribution in [0.3, 0.4) is 0 Å². The Morgan fingerprint density at radius 2 is 1.32 bits per heavy atom. The molecule has 8 aromatic rings. The summed E-state index contributed by atoms with van der Waals surface area (Å²) < 4.78 is 2.07. The molecule has 5 aromatic carbocycles. The maximum atomic E-state index is 5.20. The van der Waals surface area contributed by atoms with Crippen molar-refractivity contribution in [2.45, 2.75) is 6.17 Å². The van der Waals surface area contributed by atoms with Gasteiger partial charge < -0.3 is 10.2 Å². The van der Waals surface area contributed by atoms with Gasteiger partial charge in [-0.05, 0) is 59.3 Å². The van der Waals surface area contributed by atoms with E-state index in [-0.39, 0.29) is 6.17 Å². The summed E-state index contributed by atoms with van der Waals surface area (Å²) in [7, 11) is 0. The molecule has 3 aromatic heterocycles. The lowest BCUT2D eigenvalue weighted by Crippen LogP contribution is -2.18. The SMILES string of the molecule is c1ccc(N2c3ccccc3[N-]C2c2ccc(-c3cccc(-c4nc5c(nc6ccccn65)c5ccccc45)c3)cc2)cc1. The van der Waals surface area contributed by atoms with Gasteiger partial charge in [0.25, 0.3) is 0 Å². The second-order valence-electron chi connectivity index (χ2n) is 11.1. The molecule has 208 valence electrons. The van der Waals surface area contributed by atoms with Crippen LogP contribution >= 0.6 is 0 Å². The van der Waals surface area contributed by atoms with Crippen LogP contribution < -0.4 is 4.90 Å². The van der Waals surface area contributed by atoms with E-state index in [0.29, 0.717) is 0 Å². The van der Waals surface area contributed by atoms with E-state index in [0.717, 1.165) is 72.6 Å². The Morgan fingerprint density at radius 3 is 2.20 bits per heavy atom. The topological polar surface area (TPSA) is 47.5 Å². The Morgan fingerprint density at radius 1 is 0.568 bits per heavy atom. The number of benzene rings is 5. The number of rotatable bonds is 4. The molecule has 1 aliphatic rings. The van der Waals surface area contributed by atoms with Crippen LogP contribution in [0.15, 0.2) is 152 Å². The van der Waals surface area contributed by atoms with Crippen molar-refractivity contribution in [3.63, 3.8) is 0 Å². The van der Waals surface area contributed by atoms with E-state index in [4.69, 9.17) is 15.3 Å². The third-order valence-corrected chi connectivity index (χ3v) is 8.52. The summed E-state index contributed by atoms with van der Waals surface area (Å²) in [5.41, 5.74) is 11.4. The van der Waals surface area contributed by atoms with E-state index >= 15 is 0 Å². The van der Waals surface area contributed by atoms with Crippen LogP contribution in [0.25, 0.3) is 55.3 Å². The average molecular weight is 565 g/mol. The van der Waals surface area contributed by atoms with Crippen molar-refractivity contribution >= 4 is 44.6 Å². The van der Waals surface area contributed by atoms with E-state index in [1.165, 1.54) is 0 Å². The minimum atomic E-state index is -0.122. The largest absolute Gasteiger partial charge is 0.659 e. The summed E-state index contributed by atoms with van der Waals surface area (Å²) in [6.07, 6.45) is 1.91. The quantitative estimate of drug-likeness (QED) is 0.214. The van der Waals surface area contributed by atoms with Crippen LogP contribution in [0.2, 0.25) is 0 Å². The number of hydrogen-bond acceptors (Lipinski definition) is 3. The third kappa shape index (κ3) is 3.87. The number of hydrogen-bond donors (Lipinski definition) is 0. The molecule has 9 rings (SSSR count). The molecular formula is C39H26N5-. The summed E-state index contributed by atoms with van der Waals surface area (Å²) in [4.78, 5) is 12.4. The van der Waals surface area contributed by atoms with Crippen molar-refractivity contribution in [2.75, 3.05) is 4.90 Å². The first-order valence-corrected chi connectivity index (χ1v) is 14.8. The minimum Gasteiger partial charge on any atom is -0.659 e. The molecule has 0 bridgehead atoms. The number of aromatic nitrogens is 3. The van der Waals surface area contributed by atoms with Crippen molar-refractivity contribution in [2.24, 2.45) is 0 Å². The average Bonchev–Trinajstić information content (AvgIpc) is 3.68. The van der Waals surface area contributed by atoms with E-state index in [2.05, 4.69) is 137 Å². The summed E-state index contributed by atoms with van der Waals surface area (Å²) in [5.74, 6) is 0. The van der Waals surface area contributed by atoms with E-state index in [9.17, 15) is 0 Å². The normalized spacial score (nSPS) is 14.3. The Bertz CT molecular complexity index is 2320. The van der Waals surface area contributed by atoms with Crippen LogP contribution in [0, 0.1) is 0 Å². The summed E-state index contributed by atoms with van der Waals surface area (Å²) in [6, 6.07) is 50.8. The maximum Gasteiger partial charge on any atom is 0.165 e. The smallest absolute Gasteiger partial charge is 0.165 e. The highest BCUT2D eigenvalue weighted by atomic mass is 15.3. The fourth-order valence-electron chi connectivity index (χ4n) is 6.44. The van der Waals surface area contributed by atoms with Crippen molar-refractivity contribution in [1.82, 2.24) is 14.4 Å². The van der Waals surface area contributed by atoms with Gasteiger partial charge in [0, 0.05) is 33.9 Å². The van der Waals surface area contributed by atoms with Crippen molar-refractivity contribution in [3.8, 4) is 22.4 Å². The molecule has 0 amide bonds. The number of anilines is 2. The molecule has 0 N–H and O–H groups in total. The fraction of sp³-hybridized carbons (Fsp3) is 0.0256. The Balaban J connectivity index is 1.11. The number of para-hydroxylation sites is 3. The number of imidazole rings is 1. The Labute approximate surface area is 254 Å². The van der Waals surface area contributed by atoms with Gasteiger partial charge in [0.2, 0.25) is 0 Å². The van der Waals surface area contributed by atoms with Crippen LogP contribution in [0.4, 0.5) is 17.1 Å². The van der Waals surface area contributed by atoms with Crippen molar-refractivity contribution in [1.29, 1.82) is 0 Å². The molecule has 5 heteroatoms. The fourth-order valence-corrected chi connectivity index (χ4v) is 6.44. The minimum absolute atomic E-state index is 0.122. The predicted octanol–water partition coefficient (Wildman–Crippen LogP) is 10.2. The van der Waals surface area contributed by atoms with Crippen LogP contribution in [-0.2, 0) is 0 Å². The van der Waals surface area contributed by atoms with Gasteiger partial charge in [-0.25, -0.2) is 9.97 Å². The van der Waals surface area contributed by atoms with Gasteiger partial charge in [-0.3, -0.25) is 4.40 Å². The third-order valence-electron chi connectivity index (χ3n) is 8.52. The van der Waals surface area contributed by atoms with Crippen LogP contribution in [0.1, 0.15) is 11.7 Å². The molecule has 5 nitrogen and oxygen atoms in total. The number of nitrogens with zero attached hydrogens (tertiary/aromatic N) is 5. The zero-order valence-electron chi connectivity index (χ0n) is 23.7. The highest BCUT2D eigenvalue weighted by molar-refractivity contribution is 6.09. The lowest BCUT2D eigenvalue weighted by Gasteiger charge is -2.35. The first-order chi connectivity index (χ1) is 21.8. The van der Waals surface area contributed by atoms with E-state index < -0.39 is 0 Å². The molecule has 1 aliphatic heterocycles. The van der Waals surface area contributed by atoms with Gasteiger partial charge >= 0.3 is 0 Å². The molecule has 1 atom stereocenters. The monoisotopic (exact) mass is 564 g/mol. The first kappa shape index (κ1) is 24.6. The number of fused-ring (bicyclic) bond motifs is 6. The second kappa shape index (κ2) is 9.82. The molecule has 0 saturated heterocycles. The highest BCUT2D eigenvalue weighted by Crippen LogP contribution is 2.53. The van der Waals surface area contributed by atoms with Gasteiger partial charge in [0.1, 0.15) is 11.2 Å².